The van der Waals surface area contributed by atoms with Crippen LogP contribution in [0.3, 0.4) is 0 Å². The first-order valence-electron chi connectivity index (χ1n) is 7.58. The van der Waals surface area contributed by atoms with Crippen molar-refractivity contribution in [2.45, 2.75) is 13.3 Å². The lowest BCUT2D eigenvalue weighted by Gasteiger charge is -2.12. The average molecular weight is 431 g/mol. The van der Waals surface area contributed by atoms with Crippen LogP contribution in [0.5, 0.6) is 0 Å². The summed E-state index contributed by atoms with van der Waals surface area (Å²) in [4.78, 5) is 16.0. The maximum atomic E-state index is 13.7. The molecule has 140 valence electrons. The fourth-order valence-electron chi connectivity index (χ4n) is 2.47. The third kappa shape index (κ3) is 4.26. The van der Waals surface area contributed by atoms with Crippen molar-refractivity contribution in [1.82, 2.24) is 4.98 Å². The average Bonchev–Trinajstić information content (AvgIpc) is 3.00. The number of hydrogen-bond donors (Lipinski definition) is 1. The second kappa shape index (κ2) is 7.88. The van der Waals surface area contributed by atoms with Crippen LogP contribution in [0.4, 0.5) is 18.9 Å². The van der Waals surface area contributed by atoms with Crippen molar-refractivity contribution in [3.05, 3.63) is 67.8 Å². The van der Waals surface area contributed by atoms with Crippen LogP contribution >= 0.6 is 34.5 Å². The zero-order valence-electron chi connectivity index (χ0n) is 13.7. The largest absolute Gasteiger partial charge is 0.321 e. The molecule has 3 rings (SSSR count). The molecular formula is C18H11Cl2F3N2OS. The van der Waals surface area contributed by atoms with Crippen LogP contribution in [0.2, 0.25) is 10.0 Å². The molecule has 0 aliphatic carbocycles. The monoisotopic (exact) mass is 430 g/mol. The Morgan fingerprint density at radius 3 is 2.56 bits per heavy atom. The van der Waals surface area contributed by atoms with Gasteiger partial charge < -0.3 is 5.32 Å². The van der Waals surface area contributed by atoms with E-state index in [0.717, 1.165) is 17.4 Å². The number of alkyl halides is 2. The molecule has 0 saturated heterocycles. The summed E-state index contributed by atoms with van der Waals surface area (Å²) in [7, 11) is 0. The van der Waals surface area contributed by atoms with Crippen LogP contribution in [0.1, 0.15) is 26.8 Å². The highest BCUT2D eigenvalue weighted by Gasteiger charge is 2.24. The summed E-state index contributed by atoms with van der Waals surface area (Å²) >= 11 is 12.8. The molecule has 3 aromatic rings. The van der Waals surface area contributed by atoms with Crippen molar-refractivity contribution in [1.29, 1.82) is 0 Å². The summed E-state index contributed by atoms with van der Waals surface area (Å²) in [5.74, 6) is -1.38. The van der Waals surface area contributed by atoms with Crippen LogP contribution in [-0.4, -0.2) is 10.9 Å². The van der Waals surface area contributed by atoms with Crippen LogP contribution in [0.15, 0.2) is 36.4 Å². The first-order chi connectivity index (χ1) is 12.8. The fourth-order valence-corrected chi connectivity index (χ4v) is 3.59. The molecule has 3 nitrogen and oxygen atoms in total. The van der Waals surface area contributed by atoms with Gasteiger partial charge in [-0.25, -0.2) is 18.2 Å². The molecule has 2 aromatic carbocycles. The molecule has 1 amide bonds. The lowest BCUT2D eigenvalue weighted by atomic mass is 10.0. The summed E-state index contributed by atoms with van der Waals surface area (Å²) in [5.41, 5.74) is 0.560. The minimum atomic E-state index is -2.89. The van der Waals surface area contributed by atoms with Gasteiger partial charge in [-0.3, -0.25) is 4.79 Å². The minimum absolute atomic E-state index is 0.115. The maximum absolute atomic E-state index is 13.7. The molecule has 1 N–H and O–H groups in total. The van der Waals surface area contributed by atoms with Gasteiger partial charge in [-0.1, -0.05) is 29.3 Å². The number of anilines is 1. The molecule has 0 aliphatic rings. The predicted octanol–water partition coefficient (Wildman–Crippen LogP) is 6.75. The van der Waals surface area contributed by atoms with Gasteiger partial charge in [-0.15, -0.1) is 11.3 Å². The lowest BCUT2D eigenvalue weighted by Crippen LogP contribution is -2.13. The molecule has 0 radical (unpaired) electrons. The molecule has 0 spiro atoms. The summed E-state index contributed by atoms with van der Waals surface area (Å²) in [6, 6.07) is 8.56. The SMILES string of the molecule is Cc1nc(C(F)F)c(C(=O)Nc2cc(F)ccc2-c2ccc(Cl)c(Cl)c2)s1. The number of nitrogens with zero attached hydrogens (tertiary/aromatic N) is 1. The standard InChI is InChI=1S/C18H11Cl2F3N2OS/c1-8-24-15(17(22)23)16(27-8)18(26)25-14-7-10(21)3-4-11(14)9-2-5-12(19)13(20)6-9/h2-7,17H,1H3,(H,25,26). The maximum Gasteiger partial charge on any atom is 0.282 e. The normalized spacial score (nSPS) is 11.1. The van der Waals surface area contributed by atoms with Gasteiger partial charge in [0.2, 0.25) is 0 Å². The van der Waals surface area contributed by atoms with E-state index in [0.29, 0.717) is 21.2 Å². The lowest BCUT2D eigenvalue weighted by molar-refractivity contribution is 0.101. The van der Waals surface area contributed by atoms with Crippen molar-refractivity contribution in [3.63, 3.8) is 0 Å². The number of aromatic nitrogens is 1. The van der Waals surface area contributed by atoms with Crippen LogP contribution in [-0.2, 0) is 0 Å². The predicted molar refractivity (Wildman–Crippen MR) is 102 cm³/mol. The summed E-state index contributed by atoms with van der Waals surface area (Å²) in [6.45, 7) is 1.52. The van der Waals surface area contributed by atoms with E-state index < -0.39 is 23.8 Å². The van der Waals surface area contributed by atoms with E-state index in [4.69, 9.17) is 23.2 Å². The Balaban J connectivity index is 2.01. The topological polar surface area (TPSA) is 42.0 Å². The number of benzene rings is 2. The number of rotatable bonds is 4. The first kappa shape index (κ1) is 19.7. The molecule has 27 heavy (non-hydrogen) atoms. The molecule has 0 unspecified atom stereocenters. The van der Waals surface area contributed by atoms with E-state index in [-0.39, 0.29) is 15.6 Å². The van der Waals surface area contributed by atoms with E-state index in [9.17, 15) is 18.0 Å². The van der Waals surface area contributed by atoms with Gasteiger partial charge >= 0.3 is 0 Å². The minimum Gasteiger partial charge on any atom is -0.321 e. The van der Waals surface area contributed by atoms with Crippen LogP contribution in [0.25, 0.3) is 11.1 Å². The Bertz CT molecular complexity index is 1020. The highest BCUT2D eigenvalue weighted by atomic mass is 35.5. The van der Waals surface area contributed by atoms with Crippen molar-refractivity contribution >= 4 is 46.1 Å². The van der Waals surface area contributed by atoms with E-state index >= 15 is 0 Å². The van der Waals surface area contributed by atoms with E-state index in [1.807, 2.05) is 0 Å². The molecule has 0 saturated carbocycles. The van der Waals surface area contributed by atoms with Gasteiger partial charge in [0, 0.05) is 5.56 Å². The van der Waals surface area contributed by atoms with Crippen molar-refractivity contribution in [2.75, 3.05) is 5.32 Å². The van der Waals surface area contributed by atoms with Gasteiger partial charge in [0.15, 0.2) is 0 Å². The third-order valence-corrected chi connectivity index (χ3v) is 5.36. The molecular weight excluding hydrogens is 420 g/mol. The zero-order chi connectivity index (χ0) is 19.7. The second-order valence-electron chi connectivity index (χ2n) is 5.52. The van der Waals surface area contributed by atoms with Crippen molar-refractivity contribution < 1.29 is 18.0 Å². The van der Waals surface area contributed by atoms with E-state index in [1.165, 1.54) is 19.1 Å². The number of nitrogens with one attached hydrogen (secondary N) is 1. The molecule has 0 fully saturated rings. The number of carbonyl (C=O) groups is 1. The summed E-state index contributed by atoms with van der Waals surface area (Å²) in [6.07, 6.45) is -2.89. The smallest absolute Gasteiger partial charge is 0.282 e. The number of carbonyl (C=O) groups excluding carboxylic acids is 1. The molecule has 1 aromatic heterocycles. The highest BCUT2D eigenvalue weighted by Crippen LogP contribution is 2.34. The van der Waals surface area contributed by atoms with Gasteiger partial charge in [-0.05, 0) is 42.8 Å². The van der Waals surface area contributed by atoms with Crippen molar-refractivity contribution in [3.8, 4) is 11.1 Å². The quantitative estimate of drug-likeness (QED) is 0.496. The van der Waals surface area contributed by atoms with E-state index in [1.54, 1.807) is 18.2 Å². The molecule has 0 bridgehead atoms. The number of hydrogen-bond acceptors (Lipinski definition) is 3. The Hall–Kier alpha value is -2.09. The Labute approximate surface area is 166 Å². The Kier molecular flexibility index (Phi) is 5.74. The Morgan fingerprint density at radius 1 is 1.15 bits per heavy atom. The molecule has 0 atom stereocenters. The van der Waals surface area contributed by atoms with Crippen molar-refractivity contribution in [2.24, 2.45) is 0 Å². The van der Waals surface area contributed by atoms with Gasteiger partial charge in [0.25, 0.3) is 12.3 Å². The number of thiazole rings is 1. The van der Waals surface area contributed by atoms with Crippen LogP contribution < -0.4 is 5.32 Å². The summed E-state index contributed by atoms with van der Waals surface area (Å²) < 4.78 is 40.0. The zero-order valence-corrected chi connectivity index (χ0v) is 16.0. The third-order valence-electron chi connectivity index (χ3n) is 3.63. The molecule has 9 heteroatoms. The van der Waals surface area contributed by atoms with Crippen LogP contribution in [0, 0.1) is 12.7 Å². The first-order valence-corrected chi connectivity index (χ1v) is 9.15. The highest BCUT2D eigenvalue weighted by molar-refractivity contribution is 7.13. The number of halogens is 5. The molecule has 0 aliphatic heterocycles. The van der Waals surface area contributed by atoms with Gasteiger partial charge in [0.05, 0.1) is 20.7 Å². The fraction of sp³-hybridized carbons (Fsp3) is 0.111. The molecule has 1 heterocycles. The summed E-state index contributed by atoms with van der Waals surface area (Å²) in [5, 5.41) is 3.45. The second-order valence-corrected chi connectivity index (χ2v) is 7.54. The van der Waals surface area contributed by atoms with Gasteiger partial charge in [-0.2, -0.15) is 0 Å². The Morgan fingerprint density at radius 2 is 1.89 bits per heavy atom. The number of aryl methyl sites for hydroxylation is 1. The van der Waals surface area contributed by atoms with Gasteiger partial charge in [0.1, 0.15) is 16.4 Å². The number of amides is 1. The van der Waals surface area contributed by atoms with E-state index in [2.05, 4.69) is 10.3 Å².